The van der Waals surface area contributed by atoms with Crippen LogP contribution >= 0.6 is 0 Å². The van der Waals surface area contributed by atoms with Crippen LogP contribution in [-0.2, 0) is 0 Å². The topological polar surface area (TPSA) is 0 Å². The Bertz CT molecular complexity index is 176. The van der Waals surface area contributed by atoms with E-state index in [0.29, 0.717) is 0 Å². The zero-order chi connectivity index (χ0) is 9.52. The molecule has 1 aliphatic carbocycles. The van der Waals surface area contributed by atoms with Crippen molar-refractivity contribution in [3.8, 4) is 0 Å². The van der Waals surface area contributed by atoms with Gasteiger partial charge in [-0.2, -0.15) is 0 Å². The molecule has 74 valence electrons. The van der Waals surface area contributed by atoms with Crippen LogP contribution in [-0.4, -0.2) is 0 Å². The summed E-state index contributed by atoms with van der Waals surface area (Å²) < 4.78 is 0. The molecule has 0 amide bonds. The summed E-state index contributed by atoms with van der Waals surface area (Å²) in [6.45, 7) is 4.37. The average molecular weight is 178 g/mol. The molecule has 0 radical (unpaired) electrons. The molecule has 0 aromatic rings. The van der Waals surface area contributed by atoms with Crippen LogP contribution < -0.4 is 0 Å². The van der Waals surface area contributed by atoms with Gasteiger partial charge in [-0.25, -0.2) is 0 Å². The Morgan fingerprint density at radius 1 is 1.15 bits per heavy atom. The molecule has 0 aromatic heterocycles. The molecule has 1 saturated carbocycles. The molecule has 0 bridgehead atoms. The molecule has 0 heterocycles. The quantitative estimate of drug-likeness (QED) is 0.562. The number of hydrogen-bond acceptors (Lipinski definition) is 0. The summed E-state index contributed by atoms with van der Waals surface area (Å²) in [5.41, 5.74) is 0. The minimum absolute atomic E-state index is 0.832. The van der Waals surface area contributed by atoms with Gasteiger partial charge >= 0.3 is 0 Å². The van der Waals surface area contributed by atoms with E-state index in [2.05, 4.69) is 38.2 Å². The van der Waals surface area contributed by atoms with Crippen LogP contribution in [0.15, 0.2) is 24.3 Å². The zero-order valence-corrected chi connectivity index (χ0v) is 9.00. The van der Waals surface area contributed by atoms with Crippen molar-refractivity contribution in [3.63, 3.8) is 0 Å². The number of unbranched alkanes of at least 4 members (excludes halogenated alkanes) is 1. The van der Waals surface area contributed by atoms with Gasteiger partial charge in [0.05, 0.1) is 0 Å². The van der Waals surface area contributed by atoms with E-state index in [1.807, 2.05) is 0 Å². The van der Waals surface area contributed by atoms with Gasteiger partial charge < -0.3 is 0 Å². The fraction of sp³-hybridized carbons (Fsp3) is 0.692. The minimum atomic E-state index is 0.832. The zero-order valence-electron chi connectivity index (χ0n) is 9.00. The summed E-state index contributed by atoms with van der Waals surface area (Å²) in [4.78, 5) is 0. The number of rotatable bonds is 4. The van der Waals surface area contributed by atoms with E-state index in [1.165, 1.54) is 32.1 Å². The summed E-state index contributed by atoms with van der Waals surface area (Å²) in [7, 11) is 0. The van der Waals surface area contributed by atoms with Crippen LogP contribution in [0.2, 0.25) is 0 Å². The van der Waals surface area contributed by atoms with Gasteiger partial charge in [0.2, 0.25) is 0 Å². The van der Waals surface area contributed by atoms with E-state index in [4.69, 9.17) is 0 Å². The fourth-order valence-corrected chi connectivity index (χ4v) is 2.18. The van der Waals surface area contributed by atoms with Crippen molar-refractivity contribution >= 4 is 0 Å². The largest absolute Gasteiger partial charge is 0.0914 e. The Labute approximate surface area is 82.7 Å². The van der Waals surface area contributed by atoms with Crippen molar-refractivity contribution in [1.29, 1.82) is 0 Å². The predicted octanol–water partition coefficient (Wildman–Crippen LogP) is 4.34. The molecule has 0 spiro atoms. The average Bonchev–Trinajstić information content (AvgIpc) is 2.54. The Kier molecular flexibility index (Phi) is 4.88. The number of hydrogen-bond donors (Lipinski definition) is 0. The second-order valence-corrected chi connectivity index (χ2v) is 4.00. The normalized spacial score (nSPS) is 29.4. The third kappa shape index (κ3) is 3.38. The molecule has 2 unspecified atom stereocenters. The summed E-state index contributed by atoms with van der Waals surface area (Å²) in [5.74, 6) is 1.67. The van der Waals surface area contributed by atoms with Crippen molar-refractivity contribution in [2.75, 3.05) is 0 Å². The van der Waals surface area contributed by atoms with Crippen LogP contribution in [0.5, 0.6) is 0 Å². The highest BCUT2D eigenvalue weighted by Gasteiger charge is 2.21. The lowest BCUT2D eigenvalue weighted by atomic mass is 9.95. The lowest BCUT2D eigenvalue weighted by molar-refractivity contribution is 0.556. The second-order valence-electron chi connectivity index (χ2n) is 4.00. The van der Waals surface area contributed by atoms with Crippen molar-refractivity contribution in [3.05, 3.63) is 24.3 Å². The van der Waals surface area contributed by atoms with Crippen LogP contribution in [0.3, 0.4) is 0 Å². The highest BCUT2D eigenvalue weighted by Crippen LogP contribution is 2.33. The van der Waals surface area contributed by atoms with Crippen molar-refractivity contribution in [2.24, 2.45) is 11.8 Å². The minimum Gasteiger partial charge on any atom is -0.0914 e. The molecule has 0 saturated heterocycles. The molecule has 1 aliphatic rings. The third-order valence-corrected chi connectivity index (χ3v) is 2.90. The third-order valence-electron chi connectivity index (χ3n) is 2.90. The van der Waals surface area contributed by atoms with Crippen molar-refractivity contribution in [1.82, 2.24) is 0 Å². The van der Waals surface area contributed by atoms with Crippen LogP contribution in [0.4, 0.5) is 0 Å². The molecule has 0 nitrogen and oxygen atoms in total. The van der Waals surface area contributed by atoms with Crippen LogP contribution in [0.25, 0.3) is 0 Å². The molecule has 1 fully saturated rings. The van der Waals surface area contributed by atoms with Gasteiger partial charge in [0, 0.05) is 0 Å². The SMILES string of the molecule is C/C=C\C1CCCC1/C=C\CCC. The smallest absolute Gasteiger partial charge is 0.0171 e. The summed E-state index contributed by atoms with van der Waals surface area (Å²) >= 11 is 0. The van der Waals surface area contributed by atoms with Gasteiger partial charge in [-0.3, -0.25) is 0 Å². The maximum Gasteiger partial charge on any atom is -0.0171 e. The van der Waals surface area contributed by atoms with Crippen molar-refractivity contribution in [2.45, 2.75) is 46.0 Å². The van der Waals surface area contributed by atoms with E-state index < -0.39 is 0 Å². The summed E-state index contributed by atoms with van der Waals surface area (Å²) in [6.07, 6.45) is 16.1. The molecular formula is C13H22. The predicted molar refractivity (Wildman–Crippen MR) is 59.7 cm³/mol. The van der Waals surface area contributed by atoms with E-state index >= 15 is 0 Å². The molecule has 0 heteroatoms. The Morgan fingerprint density at radius 3 is 2.46 bits per heavy atom. The molecule has 13 heavy (non-hydrogen) atoms. The first-order chi connectivity index (χ1) is 6.38. The van der Waals surface area contributed by atoms with E-state index in [-0.39, 0.29) is 0 Å². The fourth-order valence-electron chi connectivity index (χ4n) is 2.18. The maximum absolute atomic E-state index is 2.45. The number of allylic oxidation sites excluding steroid dienone is 4. The molecule has 0 N–H and O–H groups in total. The second kappa shape index (κ2) is 6.01. The Morgan fingerprint density at radius 2 is 1.85 bits per heavy atom. The first-order valence-corrected chi connectivity index (χ1v) is 5.68. The lowest BCUT2D eigenvalue weighted by Crippen LogP contribution is -2.00. The first kappa shape index (κ1) is 10.6. The Hall–Kier alpha value is -0.520. The van der Waals surface area contributed by atoms with E-state index in [9.17, 15) is 0 Å². The molecular weight excluding hydrogens is 156 g/mol. The van der Waals surface area contributed by atoms with Gasteiger partial charge in [0.25, 0.3) is 0 Å². The standard InChI is InChI=1S/C13H22/c1-3-5-6-9-13-11-7-10-12(13)8-4-2/h4,6,8-9,12-13H,3,5,7,10-11H2,1-2H3/b8-4-,9-6-. The van der Waals surface area contributed by atoms with Gasteiger partial charge in [-0.1, -0.05) is 44.1 Å². The first-order valence-electron chi connectivity index (χ1n) is 5.68. The molecule has 0 aromatic carbocycles. The highest BCUT2D eigenvalue weighted by molar-refractivity contribution is 5.01. The Balaban J connectivity index is 2.39. The lowest BCUT2D eigenvalue weighted by Gasteiger charge is -2.10. The van der Waals surface area contributed by atoms with Gasteiger partial charge in [0.1, 0.15) is 0 Å². The van der Waals surface area contributed by atoms with E-state index in [1.54, 1.807) is 0 Å². The molecule has 1 rings (SSSR count). The van der Waals surface area contributed by atoms with E-state index in [0.717, 1.165) is 11.8 Å². The van der Waals surface area contributed by atoms with Gasteiger partial charge in [0.15, 0.2) is 0 Å². The molecule has 2 atom stereocenters. The molecule has 0 aliphatic heterocycles. The maximum atomic E-state index is 2.45. The van der Waals surface area contributed by atoms with Gasteiger partial charge in [-0.05, 0) is 38.0 Å². The van der Waals surface area contributed by atoms with Gasteiger partial charge in [-0.15, -0.1) is 0 Å². The van der Waals surface area contributed by atoms with Crippen LogP contribution in [0, 0.1) is 11.8 Å². The highest BCUT2D eigenvalue weighted by atomic mass is 14.3. The summed E-state index contributed by atoms with van der Waals surface area (Å²) in [6, 6.07) is 0. The summed E-state index contributed by atoms with van der Waals surface area (Å²) in [5, 5.41) is 0. The monoisotopic (exact) mass is 178 g/mol. The van der Waals surface area contributed by atoms with Crippen molar-refractivity contribution < 1.29 is 0 Å². The van der Waals surface area contributed by atoms with Crippen LogP contribution in [0.1, 0.15) is 46.0 Å².